The lowest BCUT2D eigenvalue weighted by Crippen LogP contribution is -2.00. The van der Waals surface area contributed by atoms with Crippen LogP contribution < -0.4 is 0 Å². The van der Waals surface area contributed by atoms with Gasteiger partial charge in [-0.25, -0.2) is 15.0 Å². The molecule has 0 aliphatic rings. The molecule has 186 valence electrons. The Hall–Kier alpha value is -4.51. The molecule has 0 N–H and O–H groups in total. The first-order valence-corrected chi connectivity index (χ1v) is 13.2. The lowest BCUT2D eigenvalue weighted by Gasteiger charge is -2.10. The Labute approximate surface area is 234 Å². The van der Waals surface area contributed by atoms with E-state index in [1.807, 2.05) is 91.0 Å². The van der Waals surface area contributed by atoms with Crippen LogP contribution in [0, 0.1) is 0 Å². The average Bonchev–Trinajstić information content (AvgIpc) is 3.37. The summed E-state index contributed by atoms with van der Waals surface area (Å²) in [4.78, 5) is 14.6. The molecule has 0 unspecified atom stereocenters. The molecule has 7 aromatic rings. The normalized spacial score (nSPS) is 11.3. The fourth-order valence-electron chi connectivity index (χ4n) is 4.86. The lowest BCUT2D eigenvalue weighted by atomic mass is 9.98. The first-order chi connectivity index (χ1) is 19.1. The fourth-order valence-corrected chi connectivity index (χ4v) is 5.39. The van der Waals surface area contributed by atoms with E-state index in [1.54, 1.807) is 6.07 Å². The predicted molar refractivity (Wildman–Crippen MR) is 159 cm³/mol. The summed E-state index contributed by atoms with van der Waals surface area (Å²) in [5, 5.41) is 2.88. The molecule has 0 radical (unpaired) electrons. The van der Waals surface area contributed by atoms with E-state index >= 15 is 0 Å². The molecular weight excluding hydrogens is 525 g/mol. The number of hydrogen-bond acceptors (Lipinski definition) is 4. The van der Waals surface area contributed by atoms with E-state index in [0.29, 0.717) is 33.1 Å². The van der Waals surface area contributed by atoms with Crippen LogP contribution in [0.5, 0.6) is 0 Å². The van der Waals surface area contributed by atoms with Crippen molar-refractivity contribution in [3.63, 3.8) is 0 Å². The molecular formula is C33H19Cl2N3O. The van der Waals surface area contributed by atoms with Crippen molar-refractivity contribution >= 4 is 45.1 Å². The summed E-state index contributed by atoms with van der Waals surface area (Å²) >= 11 is 12.8. The van der Waals surface area contributed by atoms with Crippen molar-refractivity contribution in [3.8, 4) is 45.3 Å². The first-order valence-electron chi connectivity index (χ1n) is 12.4. The summed E-state index contributed by atoms with van der Waals surface area (Å²) in [7, 11) is 0. The van der Waals surface area contributed by atoms with Crippen LogP contribution in [-0.2, 0) is 0 Å². The van der Waals surface area contributed by atoms with Gasteiger partial charge >= 0.3 is 0 Å². The summed E-state index contributed by atoms with van der Waals surface area (Å²) < 4.78 is 6.12. The second kappa shape index (κ2) is 9.66. The minimum absolute atomic E-state index is 0.487. The highest BCUT2D eigenvalue weighted by Crippen LogP contribution is 2.41. The van der Waals surface area contributed by atoms with Crippen LogP contribution >= 0.6 is 23.2 Å². The smallest absolute Gasteiger partial charge is 0.164 e. The maximum absolute atomic E-state index is 6.47. The van der Waals surface area contributed by atoms with E-state index in [1.165, 1.54) is 0 Å². The third kappa shape index (κ3) is 4.34. The number of aromatic nitrogens is 3. The van der Waals surface area contributed by atoms with E-state index in [2.05, 4.69) is 18.2 Å². The Morgan fingerprint density at radius 1 is 0.513 bits per heavy atom. The first kappa shape index (κ1) is 23.6. The van der Waals surface area contributed by atoms with Crippen LogP contribution in [0.15, 0.2) is 120 Å². The zero-order valence-corrected chi connectivity index (χ0v) is 22.0. The number of fused-ring (bicyclic) bond motifs is 3. The van der Waals surface area contributed by atoms with Crippen molar-refractivity contribution in [2.45, 2.75) is 0 Å². The highest BCUT2D eigenvalue weighted by Gasteiger charge is 2.17. The van der Waals surface area contributed by atoms with Gasteiger partial charge in [-0.2, -0.15) is 0 Å². The molecule has 5 aromatic carbocycles. The van der Waals surface area contributed by atoms with Gasteiger partial charge in [0.05, 0.1) is 5.02 Å². The van der Waals surface area contributed by atoms with Crippen molar-refractivity contribution in [1.82, 2.24) is 15.0 Å². The second-order valence-corrected chi connectivity index (χ2v) is 10.0. The Bertz CT molecular complexity index is 1930. The zero-order valence-electron chi connectivity index (χ0n) is 20.5. The average molecular weight is 544 g/mol. The number of benzene rings is 5. The second-order valence-electron chi connectivity index (χ2n) is 9.16. The summed E-state index contributed by atoms with van der Waals surface area (Å²) in [5.74, 6) is 1.84. The Kier molecular flexibility index (Phi) is 5.85. The fraction of sp³-hybridized carbons (Fsp3) is 0. The maximum atomic E-state index is 6.47. The molecule has 0 bridgehead atoms. The van der Waals surface area contributed by atoms with E-state index < -0.39 is 0 Å². The van der Waals surface area contributed by atoms with Crippen molar-refractivity contribution in [1.29, 1.82) is 0 Å². The van der Waals surface area contributed by atoms with Crippen LogP contribution in [0.1, 0.15) is 0 Å². The molecule has 4 nitrogen and oxygen atoms in total. The van der Waals surface area contributed by atoms with E-state index in [-0.39, 0.29) is 0 Å². The third-order valence-corrected chi connectivity index (χ3v) is 7.15. The van der Waals surface area contributed by atoms with Gasteiger partial charge in [0.1, 0.15) is 5.58 Å². The van der Waals surface area contributed by atoms with Crippen LogP contribution in [0.25, 0.3) is 67.2 Å². The maximum Gasteiger partial charge on any atom is 0.164 e. The van der Waals surface area contributed by atoms with Crippen LogP contribution in [0.4, 0.5) is 0 Å². The largest absolute Gasteiger partial charge is 0.454 e. The monoisotopic (exact) mass is 543 g/mol. The van der Waals surface area contributed by atoms with Gasteiger partial charge in [-0.15, -0.1) is 0 Å². The molecule has 0 atom stereocenters. The molecule has 0 amide bonds. The minimum Gasteiger partial charge on any atom is -0.454 e. The van der Waals surface area contributed by atoms with Crippen LogP contribution in [0.2, 0.25) is 10.0 Å². The molecule has 2 aromatic heterocycles. The Morgan fingerprint density at radius 3 is 1.74 bits per heavy atom. The highest BCUT2D eigenvalue weighted by atomic mass is 35.5. The Morgan fingerprint density at radius 2 is 1.08 bits per heavy atom. The summed E-state index contributed by atoms with van der Waals surface area (Å²) in [5.41, 5.74) is 6.11. The zero-order chi connectivity index (χ0) is 26.3. The van der Waals surface area contributed by atoms with Crippen molar-refractivity contribution < 1.29 is 4.42 Å². The van der Waals surface area contributed by atoms with Gasteiger partial charge in [-0.3, -0.25) is 0 Å². The molecule has 0 spiro atoms. The number of rotatable bonds is 4. The summed E-state index contributed by atoms with van der Waals surface area (Å²) in [6.07, 6.45) is 0. The predicted octanol–water partition coefficient (Wildman–Crippen LogP) is 9.75. The van der Waals surface area contributed by atoms with Gasteiger partial charge in [-0.1, -0.05) is 114 Å². The summed E-state index contributed by atoms with van der Waals surface area (Å²) in [6.45, 7) is 0. The van der Waals surface area contributed by atoms with Crippen molar-refractivity contribution in [3.05, 3.63) is 125 Å². The molecule has 7 rings (SSSR count). The van der Waals surface area contributed by atoms with E-state index in [4.69, 9.17) is 42.6 Å². The van der Waals surface area contributed by atoms with Gasteiger partial charge in [0.25, 0.3) is 0 Å². The van der Waals surface area contributed by atoms with Crippen LogP contribution in [-0.4, -0.2) is 15.0 Å². The number of nitrogens with zero attached hydrogens (tertiary/aromatic N) is 3. The SMILES string of the molecule is Clc1cc(Cl)c2oc3cccc(-c4cccc(-c5nc(-c6ccccc6)nc(-c6ccccc6)n5)c4)c3c2c1. The molecule has 0 fully saturated rings. The standard InChI is InChI=1S/C33H19Cl2N3O/c34-24-18-26-29-25(15-8-16-28(29)39-30(26)27(35)19-24)22-13-7-14-23(17-22)33-37-31(20-9-3-1-4-10-20)36-32(38-33)21-11-5-2-6-12-21/h1-19H. The van der Waals surface area contributed by atoms with E-state index in [9.17, 15) is 0 Å². The third-order valence-electron chi connectivity index (χ3n) is 6.65. The molecule has 0 saturated carbocycles. The molecule has 39 heavy (non-hydrogen) atoms. The minimum atomic E-state index is 0.487. The quantitative estimate of drug-likeness (QED) is 0.221. The van der Waals surface area contributed by atoms with Gasteiger partial charge in [0, 0.05) is 32.5 Å². The van der Waals surface area contributed by atoms with Crippen molar-refractivity contribution in [2.24, 2.45) is 0 Å². The van der Waals surface area contributed by atoms with Crippen LogP contribution in [0.3, 0.4) is 0 Å². The van der Waals surface area contributed by atoms with Gasteiger partial charge in [0.2, 0.25) is 0 Å². The van der Waals surface area contributed by atoms with Gasteiger partial charge < -0.3 is 4.42 Å². The lowest BCUT2D eigenvalue weighted by molar-refractivity contribution is 0.669. The molecule has 2 heterocycles. The molecule has 0 aliphatic heterocycles. The number of furan rings is 1. The number of halogens is 2. The van der Waals surface area contributed by atoms with E-state index in [0.717, 1.165) is 44.2 Å². The molecule has 6 heteroatoms. The molecule has 0 aliphatic carbocycles. The number of hydrogen-bond donors (Lipinski definition) is 0. The van der Waals surface area contributed by atoms with Crippen molar-refractivity contribution in [2.75, 3.05) is 0 Å². The molecule has 0 saturated heterocycles. The van der Waals surface area contributed by atoms with Gasteiger partial charge in [-0.05, 0) is 35.4 Å². The topological polar surface area (TPSA) is 51.8 Å². The summed E-state index contributed by atoms with van der Waals surface area (Å²) in [6, 6.07) is 37.7. The van der Waals surface area contributed by atoms with Gasteiger partial charge in [0.15, 0.2) is 23.1 Å². The highest BCUT2D eigenvalue weighted by molar-refractivity contribution is 6.39. The Balaban J connectivity index is 1.42.